The zero-order valence-electron chi connectivity index (χ0n) is 11.3. The molecule has 0 aliphatic carbocycles. The summed E-state index contributed by atoms with van der Waals surface area (Å²) in [7, 11) is 0. The van der Waals surface area contributed by atoms with Gasteiger partial charge in [-0.2, -0.15) is 13.2 Å². The van der Waals surface area contributed by atoms with Crippen LogP contribution in [0.1, 0.15) is 22.3 Å². The number of hydrogen-bond donors (Lipinski definition) is 1. The van der Waals surface area contributed by atoms with E-state index in [1.54, 1.807) is 0 Å². The van der Waals surface area contributed by atoms with Gasteiger partial charge >= 0.3 is 6.18 Å². The average molecular weight is 280 g/mol. The second-order valence-electron chi connectivity index (χ2n) is 4.82. The number of aliphatic hydroxyl groups is 1. The minimum absolute atomic E-state index is 0.0367. The van der Waals surface area contributed by atoms with E-state index in [0.717, 1.165) is 39.9 Å². The van der Waals surface area contributed by atoms with E-state index in [2.05, 4.69) is 0 Å². The molecule has 0 heterocycles. The zero-order chi connectivity index (χ0) is 14.9. The molecule has 0 saturated heterocycles. The summed E-state index contributed by atoms with van der Waals surface area (Å²) in [6.45, 7) is 3.73. The molecule has 0 fully saturated rings. The van der Waals surface area contributed by atoms with Crippen molar-refractivity contribution in [2.45, 2.75) is 26.6 Å². The summed E-state index contributed by atoms with van der Waals surface area (Å²) in [5.41, 5.74) is 3.66. The van der Waals surface area contributed by atoms with E-state index in [-0.39, 0.29) is 6.61 Å². The molecule has 0 saturated carbocycles. The number of rotatable bonds is 2. The SMILES string of the molecule is Cc1cc(-c2ccc(C(F)(F)F)cc2)cc(C)c1CO. The molecule has 106 valence electrons. The van der Waals surface area contributed by atoms with Crippen LogP contribution in [-0.4, -0.2) is 5.11 Å². The molecule has 0 aliphatic rings. The first kappa shape index (κ1) is 14.6. The molecule has 0 spiro atoms. The van der Waals surface area contributed by atoms with Crippen molar-refractivity contribution in [3.8, 4) is 11.1 Å². The van der Waals surface area contributed by atoms with Gasteiger partial charge in [-0.3, -0.25) is 0 Å². The van der Waals surface area contributed by atoms with Crippen LogP contribution in [0.3, 0.4) is 0 Å². The largest absolute Gasteiger partial charge is 0.416 e. The highest BCUT2D eigenvalue weighted by Crippen LogP contribution is 2.31. The molecule has 4 heteroatoms. The second-order valence-corrected chi connectivity index (χ2v) is 4.82. The maximum absolute atomic E-state index is 12.5. The van der Waals surface area contributed by atoms with E-state index < -0.39 is 11.7 Å². The molecular weight excluding hydrogens is 265 g/mol. The van der Waals surface area contributed by atoms with Crippen LogP contribution in [0.5, 0.6) is 0 Å². The number of aliphatic hydroxyl groups excluding tert-OH is 1. The quantitative estimate of drug-likeness (QED) is 0.859. The monoisotopic (exact) mass is 280 g/mol. The van der Waals surface area contributed by atoms with Crippen LogP contribution in [0.4, 0.5) is 13.2 Å². The molecule has 2 rings (SSSR count). The molecule has 1 N–H and O–H groups in total. The third-order valence-electron chi connectivity index (χ3n) is 3.40. The minimum atomic E-state index is -4.31. The summed E-state index contributed by atoms with van der Waals surface area (Å²) in [5, 5.41) is 9.26. The summed E-state index contributed by atoms with van der Waals surface area (Å²) in [6, 6.07) is 8.85. The molecule has 0 atom stereocenters. The van der Waals surface area contributed by atoms with E-state index in [1.807, 2.05) is 26.0 Å². The number of hydrogen-bond acceptors (Lipinski definition) is 1. The van der Waals surface area contributed by atoms with Crippen molar-refractivity contribution in [3.63, 3.8) is 0 Å². The Morgan fingerprint density at radius 1 is 0.900 bits per heavy atom. The van der Waals surface area contributed by atoms with Gasteiger partial charge in [-0.25, -0.2) is 0 Å². The lowest BCUT2D eigenvalue weighted by molar-refractivity contribution is -0.137. The Bertz CT molecular complexity index is 590. The van der Waals surface area contributed by atoms with Crippen LogP contribution in [0.15, 0.2) is 36.4 Å². The van der Waals surface area contributed by atoms with Crippen LogP contribution in [0, 0.1) is 13.8 Å². The van der Waals surface area contributed by atoms with Gasteiger partial charge in [0.2, 0.25) is 0 Å². The Hall–Kier alpha value is -1.81. The van der Waals surface area contributed by atoms with E-state index in [0.29, 0.717) is 0 Å². The van der Waals surface area contributed by atoms with Gasteiger partial charge in [0, 0.05) is 0 Å². The summed E-state index contributed by atoms with van der Waals surface area (Å²) in [5.74, 6) is 0. The van der Waals surface area contributed by atoms with Gasteiger partial charge in [0.25, 0.3) is 0 Å². The van der Waals surface area contributed by atoms with Crippen LogP contribution < -0.4 is 0 Å². The Kier molecular flexibility index (Phi) is 3.86. The number of halogens is 3. The smallest absolute Gasteiger partial charge is 0.392 e. The number of benzene rings is 2. The Morgan fingerprint density at radius 3 is 1.80 bits per heavy atom. The highest BCUT2D eigenvalue weighted by atomic mass is 19.4. The molecule has 0 unspecified atom stereocenters. The molecule has 20 heavy (non-hydrogen) atoms. The summed E-state index contributed by atoms with van der Waals surface area (Å²) in [4.78, 5) is 0. The van der Waals surface area contributed by atoms with E-state index >= 15 is 0 Å². The fourth-order valence-corrected chi connectivity index (χ4v) is 2.26. The van der Waals surface area contributed by atoms with Crippen molar-refractivity contribution in [1.29, 1.82) is 0 Å². The second kappa shape index (κ2) is 5.29. The van der Waals surface area contributed by atoms with E-state index in [9.17, 15) is 18.3 Å². The Balaban J connectivity index is 2.42. The van der Waals surface area contributed by atoms with Crippen molar-refractivity contribution in [2.24, 2.45) is 0 Å². The van der Waals surface area contributed by atoms with Crippen molar-refractivity contribution < 1.29 is 18.3 Å². The van der Waals surface area contributed by atoms with Crippen LogP contribution in [-0.2, 0) is 12.8 Å². The molecule has 0 radical (unpaired) electrons. The molecular formula is C16H15F3O. The first-order valence-corrected chi connectivity index (χ1v) is 6.21. The predicted molar refractivity (Wildman–Crippen MR) is 72.3 cm³/mol. The normalized spacial score (nSPS) is 11.7. The Labute approximate surface area is 115 Å². The molecule has 2 aromatic rings. The lowest BCUT2D eigenvalue weighted by atomic mass is 9.95. The third kappa shape index (κ3) is 2.85. The summed E-state index contributed by atoms with van der Waals surface area (Å²) < 4.78 is 37.6. The fourth-order valence-electron chi connectivity index (χ4n) is 2.26. The fraction of sp³-hybridized carbons (Fsp3) is 0.250. The highest BCUT2D eigenvalue weighted by molar-refractivity contribution is 5.66. The maximum atomic E-state index is 12.5. The van der Waals surface area contributed by atoms with Crippen LogP contribution >= 0.6 is 0 Å². The highest BCUT2D eigenvalue weighted by Gasteiger charge is 2.29. The minimum Gasteiger partial charge on any atom is -0.392 e. The average Bonchev–Trinajstić information content (AvgIpc) is 2.37. The maximum Gasteiger partial charge on any atom is 0.416 e. The predicted octanol–water partition coefficient (Wildman–Crippen LogP) is 4.48. The van der Waals surface area contributed by atoms with Crippen LogP contribution in [0.2, 0.25) is 0 Å². The van der Waals surface area contributed by atoms with Gasteiger partial charge < -0.3 is 5.11 Å². The molecule has 0 amide bonds. The van der Waals surface area contributed by atoms with Crippen LogP contribution in [0.25, 0.3) is 11.1 Å². The molecule has 0 aromatic heterocycles. The van der Waals surface area contributed by atoms with Gasteiger partial charge in [0.1, 0.15) is 0 Å². The Morgan fingerprint density at radius 2 is 1.40 bits per heavy atom. The van der Waals surface area contributed by atoms with E-state index in [4.69, 9.17) is 0 Å². The third-order valence-corrected chi connectivity index (χ3v) is 3.40. The van der Waals surface area contributed by atoms with Gasteiger partial charge in [-0.05, 0) is 53.8 Å². The van der Waals surface area contributed by atoms with Crippen molar-refractivity contribution in [2.75, 3.05) is 0 Å². The zero-order valence-corrected chi connectivity index (χ0v) is 11.3. The lowest BCUT2D eigenvalue weighted by Gasteiger charge is -2.12. The van der Waals surface area contributed by atoms with Crippen molar-refractivity contribution in [3.05, 3.63) is 58.7 Å². The van der Waals surface area contributed by atoms with Gasteiger partial charge in [0.15, 0.2) is 0 Å². The number of alkyl halides is 3. The number of aryl methyl sites for hydroxylation is 2. The molecule has 1 nitrogen and oxygen atoms in total. The first-order chi connectivity index (χ1) is 9.32. The summed E-state index contributed by atoms with van der Waals surface area (Å²) >= 11 is 0. The molecule has 0 bridgehead atoms. The standard InChI is InChI=1S/C16H15F3O/c1-10-7-13(8-11(2)15(10)9-20)12-3-5-14(6-4-12)16(17,18)19/h3-8,20H,9H2,1-2H3. The van der Waals surface area contributed by atoms with Gasteiger partial charge in [0.05, 0.1) is 12.2 Å². The topological polar surface area (TPSA) is 20.2 Å². The van der Waals surface area contributed by atoms with Gasteiger partial charge in [-0.1, -0.05) is 24.3 Å². The lowest BCUT2D eigenvalue weighted by Crippen LogP contribution is -2.04. The summed E-state index contributed by atoms with van der Waals surface area (Å²) in [6.07, 6.45) is -4.31. The first-order valence-electron chi connectivity index (χ1n) is 6.21. The van der Waals surface area contributed by atoms with Crippen molar-refractivity contribution >= 4 is 0 Å². The van der Waals surface area contributed by atoms with Crippen molar-refractivity contribution in [1.82, 2.24) is 0 Å². The molecule has 0 aliphatic heterocycles. The van der Waals surface area contributed by atoms with E-state index in [1.165, 1.54) is 12.1 Å². The van der Waals surface area contributed by atoms with Gasteiger partial charge in [-0.15, -0.1) is 0 Å². The molecule has 2 aromatic carbocycles.